The van der Waals surface area contributed by atoms with Crippen LogP contribution < -0.4 is 10.6 Å². The van der Waals surface area contributed by atoms with Gasteiger partial charge in [-0.2, -0.15) is 5.10 Å². The molecule has 1 fully saturated rings. The van der Waals surface area contributed by atoms with E-state index in [2.05, 4.69) is 15.7 Å². The maximum atomic E-state index is 11.8. The number of amides is 1. The second kappa shape index (κ2) is 5.52. The highest BCUT2D eigenvalue weighted by Crippen LogP contribution is 2.27. The summed E-state index contributed by atoms with van der Waals surface area (Å²) in [6, 6.07) is 0. The van der Waals surface area contributed by atoms with Crippen molar-refractivity contribution in [3.8, 4) is 0 Å². The average Bonchev–Trinajstić information content (AvgIpc) is 3.11. The minimum Gasteiger partial charge on any atom is -0.354 e. The van der Waals surface area contributed by atoms with Crippen LogP contribution >= 0.6 is 0 Å². The van der Waals surface area contributed by atoms with Crippen LogP contribution in [-0.4, -0.2) is 29.3 Å². The first-order valence-corrected chi connectivity index (χ1v) is 6.56. The van der Waals surface area contributed by atoms with Gasteiger partial charge >= 0.3 is 0 Å². The van der Waals surface area contributed by atoms with Crippen LogP contribution in [-0.2, 0) is 17.9 Å². The zero-order valence-electron chi connectivity index (χ0n) is 11.4. The van der Waals surface area contributed by atoms with Crippen LogP contribution in [0.3, 0.4) is 0 Å². The highest BCUT2D eigenvalue weighted by molar-refractivity contribution is 5.75. The Morgan fingerprint density at radius 3 is 2.78 bits per heavy atom. The standard InChI is InChI=1S/C13H22N4O/c1-9-12(7-14-3)10(2)17(16-9)8-13(18)15-6-11-4-5-11/h11,14H,4-8H2,1-3H3,(H,15,18). The molecule has 100 valence electrons. The van der Waals surface area contributed by atoms with E-state index >= 15 is 0 Å². The van der Waals surface area contributed by atoms with Gasteiger partial charge in [-0.25, -0.2) is 0 Å². The molecule has 0 spiro atoms. The Morgan fingerprint density at radius 2 is 2.17 bits per heavy atom. The van der Waals surface area contributed by atoms with E-state index in [0.29, 0.717) is 12.5 Å². The number of carbonyl (C=O) groups excluding carboxylic acids is 1. The first kappa shape index (κ1) is 13.1. The van der Waals surface area contributed by atoms with E-state index in [4.69, 9.17) is 0 Å². The molecule has 1 aliphatic rings. The van der Waals surface area contributed by atoms with Gasteiger partial charge in [-0.05, 0) is 39.7 Å². The van der Waals surface area contributed by atoms with Gasteiger partial charge in [0.25, 0.3) is 0 Å². The fourth-order valence-corrected chi connectivity index (χ4v) is 2.09. The first-order valence-electron chi connectivity index (χ1n) is 6.56. The van der Waals surface area contributed by atoms with E-state index in [9.17, 15) is 4.79 Å². The number of hydrogen-bond donors (Lipinski definition) is 2. The van der Waals surface area contributed by atoms with Crippen molar-refractivity contribution in [2.45, 2.75) is 39.8 Å². The molecule has 0 atom stereocenters. The van der Waals surface area contributed by atoms with Gasteiger partial charge in [0.1, 0.15) is 6.54 Å². The van der Waals surface area contributed by atoms with Gasteiger partial charge in [-0.15, -0.1) is 0 Å². The maximum Gasteiger partial charge on any atom is 0.241 e. The quantitative estimate of drug-likeness (QED) is 0.783. The fourth-order valence-electron chi connectivity index (χ4n) is 2.09. The molecule has 2 rings (SSSR count). The predicted molar refractivity (Wildman–Crippen MR) is 70.2 cm³/mol. The number of aryl methyl sites for hydroxylation is 1. The third-order valence-corrected chi connectivity index (χ3v) is 3.46. The Balaban J connectivity index is 1.95. The van der Waals surface area contributed by atoms with Gasteiger partial charge < -0.3 is 10.6 Å². The average molecular weight is 250 g/mol. The van der Waals surface area contributed by atoms with Crippen molar-refractivity contribution < 1.29 is 4.79 Å². The molecule has 1 aliphatic carbocycles. The van der Waals surface area contributed by atoms with E-state index in [1.54, 1.807) is 4.68 Å². The van der Waals surface area contributed by atoms with E-state index in [1.807, 2.05) is 20.9 Å². The Morgan fingerprint density at radius 1 is 1.44 bits per heavy atom. The lowest BCUT2D eigenvalue weighted by Gasteiger charge is -2.06. The Hall–Kier alpha value is -1.36. The summed E-state index contributed by atoms with van der Waals surface area (Å²) in [5.41, 5.74) is 3.26. The smallest absolute Gasteiger partial charge is 0.241 e. The van der Waals surface area contributed by atoms with Crippen LogP contribution in [0.15, 0.2) is 0 Å². The summed E-state index contributed by atoms with van der Waals surface area (Å²) in [5.74, 6) is 0.776. The highest BCUT2D eigenvalue weighted by Gasteiger charge is 2.22. The lowest BCUT2D eigenvalue weighted by molar-refractivity contribution is -0.121. The number of carbonyl (C=O) groups is 1. The molecular weight excluding hydrogens is 228 g/mol. The summed E-state index contributed by atoms with van der Waals surface area (Å²) in [6.45, 7) is 5.94. The molecule has 1 saturated carbocycles. The summed E-state index contributed by atoms with van der Waals surface area (Å²) in [7, 11) is 1.92. The molecule has 2 N–H and O–H groups in total. The van der Waals surface area contributed by atoms with Gasteiger partial charge in [0.2, 0.25) is 5.91 Å². The van der Waals surface area contributed by atoms with E-state index in [1.165, 1.54) is 18.4 Å². The second-order valence-electron chi connectivity index (χ2n) is 5.08. The maximum absolute atomic E-state index is 11.8. The van der Waals surface area contributed by atoms with Crippen LogP contribution in [0.1, 0.15) is 29.8 Å². The first-order chi connectivity index (χ1) is 8.61. The molecular formula is C13H22N4O. The highest BCUT2D eigenvalue weighted by atomic mass is 16.2. The van der Waals surface area contributed by atoms with E-state index in [0.717, 1.165) is 24.5 Å². The van der Waals surface area contributed by atoms with Crippen LogP contribution in [0, 0.1) is 19.8 Å². The summed E-state index contributed by atoms with van der Waals surface area (Å²) >= 11 is 0. The Labute approximate surface area is 108 Å². The van der Waals surface area contributed by atoms with Crippen LogP contribution in [0.5, 0.6) is 0 Å². The topological polar surface area (TPSA) is 59.0 Å². The molecule has 18 heavy (non-hydrogen) atoms. The minimum absolute atomic E-state index is 0.0588. The molecule has 0 aliphatic heterocycles. The predicted octanol–water partition coefficient (Wildman–Crippen LogP) is 0.746. The minimum atomic E-state index is 0.0588. The molecule has 0 saturated heterocycles. The summed E-state index contributed by atoms with van der Waals surface area (Å²) in [6.07, 6.45) is 2.51. The van der Waals surface area contributed by atoms with Crippen molar-refractivity contribution in [1.82, 2.24) is 20.4 Å². The van der Waals surface area contributed by atoms with Gasteiger partial charge in [0.15, 0.2) is 0 Å². The molecule has 0 bridgehead atoms. The number of hydrogen-bond acceptors (Lipinski definition) is 3. The summed E-state index contributed by atoms with van der Waals surface area (Å²) in [4.78, 5) is 11.8. The number of aromatic nitrogens is 2. The van der Waals surface area contributed by atoms with Gasteiger partial charge in [0.05, 0.1) is 5.69 Å². The van der Waals surface area contributed by atoms with Crippen molar-refractivity contribution in [2.24, 2.45) is 5.92 Å². The van der Waals surface area contributed by atoms with E-state index < -0.39 is 0 Å². The molecule has 0 radical (unpaired) electrons. The monoisotopic (exact) mass is 250 g/mol. The van der Waals surface area contributed by atoms with Crippen molar-refractivity contribution in [1.29, 1.82) is 0 Å². The molecule has 0 aromatic carbocycles. The number of nitrogens with one attached hydrogen (secondary N) is 2. The molecule has 1 aromatic heterocycles. The molecule has 5 heteroatoms. The Bertz CT molecular complexity index is 434. The van der Waals surface area contributed by atoms with Crippen LogP contribution in [0.2, 0.25) is 0 Å². The molecule has 5 nitrogen and oxygen atoms in total. The molecule has 0 unspecified atom stereocenters. The van der Waals surface area contributed by atoms with Crippen LogP contribution in [0.4, 0.5) is 0 Å². The lowest BCUT2D eigenvalue weighted by atomic mass is 10.2. The molecule has 1 heterocycles. The SMILES string of the molecule is CNCc1c(C)nn(CC(=O)NCC2CC2)c1C. The lowest BCUT2D eigenvalue weighted by Crippen LogP contribution is -2.30. The third kappa shape index (κ3) is 3.10. The normalized spacial score (nSPS) is 14.8. The Kier molecular flexibility index (Phi) is 4.01. The van der Waals surface area contributed by atoms with Crippen molar-refractivity contribution in [2.75, 3.05) is 13.6 Å². The number of rotatable bonds is 6. The zero-order valence-corrected chi connectivity index (χ0v) is 11.4. The van der Waals surface area contributed by atoms with Crippen molar-refractivity contribution in [3.63, 3.8) is 0 Å². The van der Waals surface area contributed by atoms with Crippen molar-refractivity contribution >= 4 is 5.91 Å². The second-order valence-corrected chi connectivity index (χ2v) is 5.08. The third-order valence-electron chi connectivity index (χ3n) is 3.46. The van der Waals surface area contributed by atoms with Crippen molar-refractivity contribution in [3.05, 3.63) is 17.0 Å². The van der Waals surface area contributed by atoms with Gasteiger partial charge in [0, 0.05) is 24.3 Å². The van der Waals surface area contributed by atoms with E-state index in [-0.39, 0.29) is 5.91 Å². The summed E-state index contributed by atoms with van der Waals surface area (Å²) < 4.78 is 1.80. The van der Waals surface area contributed by atoms with Crippen LogP contribution in [0.25, 0.3) is 0 Å². The summed E-state index contributed by atoms with van der Waals surface area (Å²) in [5, 5.41) is 10.5. The largest absolute Gasteiger partial charge is 0.354 e. The van der Waals surface area contributed by atoms with Gasteiger partial charge in [-0.3, -0.25) is 9.48 Å². The zero-order chi connectivity index (χ0) is 13.1. The fraction of sp³-hybridized carbons (Fsp3) is 0.692. The number of nitrogens with zero attached hydrogens (tertiary/aromatic N) is 2. The van der Waals surface area contributed by atoms with Gasteiger partial charge in [-0.1, -0.05) is 0 Å². The molecule has 1 amide bonds. The molecule has 1 aromatic rings.